The van der Waals surface area contributed by atoms with Gasteiger partial charge in [0.05, 0.1) is 6.61 Å². The summed E-state index contributed by atoms with van der Waals surface area (Å²) >= 11 is 0. The average Bonchev–Trinajstić information content (AvgIpc) is 2.09. The zero-order chi connectivity index (χ0) is 8.81. The molecule has 0 aromatic carbocycles. The van der Waals surface area contributed by atoms with Crippen LogP contribution < -0.4 is 4.74 Å². The van der Waals surface area contributed by atoms with Crippen molar-refractivity contribution >= 4 is 0 Å². The first-order chi connectivity index (χ1) is 5.84. The molecule has 3 heteroatoms. The van der Waals surface area contributed by atoms with Crippen molar-refractivity contribution in [1.29, 1.82) is 0 Å². The zero-order valence-electron chi connectivity index (χ0n) is 7.41. The van der Waals surface area contributed by atoms with Gasteiger partial charge in [-0.3, -0.25) is 4.98 Å². The van der Waals surface area contributed by atoms with E-state index in [4.69, 9.17) is 9.47 Å². The first kappa shape index (κ1) is 9.00. The molecule has 0 saturated carbocycles. The summed E-state index contributed by atoms with van der Waals surface area (Å²) in [6.07, 6.45) is 3.50. The minimum Gasteiger partial charge on any atom is -0.491 e. The Morgan fingerprint density at radius 1 is 1.42 bits per heavy atom. The Labute approximate surface area is 72.3 Å². The van der Waals surface area contributed by atoms with Crippen molar-refractivity contribution < 1.29 is 9.47 Å². The summed E-state index contributed by atoms with van der Waals surface area (Å²) in [5.74, 6) is 0.877. The molecule has 0 N–H and O–H groups in total. The number of aromatic nitrogens is 1. The van der Waals surface area contributed by atoms with Gasteiger partial charge in [-0.15, -0.1) is 0 Å². The minimum atomic E-state index is 0.585. The topological polar surface area (TPSA) is 31.4 Å². The van der Waals surface area contributed by atoms with Crippen molar-refractivity contribution in [2.45, 2.75) is 6.92 Å². The van der Waals surface area contributed by atoms with Crippen LogP contribution in [0.15, 0.2) is 18.5 Å². The fourth-order valence-corrected chi connectivity index (χ4v) is 0.858. The fraction of sp³-hybridized carbons (Fsp3) is 0.444. The van der Waals surface area contributed by atoms with E-state index in [1.165, 1.54) is 0 Å². The van der Waals surface area contributed by atoms with Crippen LogP contribution in [0.3, 0.4) is 0 Å². The van der Waals surface area contributed by atoms with Gasteiger partial charge in [0.1, 0.15) is 12.4 Å². The van der Waals surface area contributed by atoms with E-state index in [9.17, 15) is 0 Å². The molecule has 0 aliphatic carbocycles. The molecule has 0 amide bonds. The lowest BCUT2D eigenvalue weighted by molar-refractivity contribution is 0.146. The van der Waals surface area contributed by atoms with Crippen molar-refractivity contribution in [3.63, 3.8) is 0 Å². The number of pyridine rings is 1. The lowest BCUT2D eigenvalue weighted by atomic mass is 10.3. The van der Waals surface area contributed by atoms with E-state index in [2.05, 4.69) is 4.98 Å². The van der Waals surface area contributed by atoms with Crippen LogP contribution in [0.25, 0.3) is 0 Å². The molecule has 66 valence electrons. The zero-order valence-corrected chi connectivity index (χ0v) is 7.41. The molecule has 1 aromatic heterocycles. The van der Waals surface area contributed by atoms with E-state index in [-0.39, 0.29) is 0 Å². The van der Waals surface area contributed by atoms with Gasteiger partial charge in [0, 0.05) is 25.1 Å². The molecule has 0 spiro atoms. The second-order valence-electron chi connectivity index (χ2n) is 2.48. The van der Waals surface area contributed by atoms with E-state index >= 15 is 0 Å². The Hall–Kier alpha value is -1.09. The molecule has 12 heavy (non-hydrogen) atoms. The third-order valence-electron chi connectivity index (χ3n) is 1.51. The van der Waals surface area contributed by atoms with E-state index < -0.39 is 0 Å². The van der Waals surface area contributed by atoms with Crippen LogP contribution in [0.4, 0.5) is 0 Å². The number of nitrogens with zero attached hydrogens (tertiary/aromatic N) is 1. The minimum absolute atomic E-state index is 0.585. The number of ether oxygens (including phenoxy) is 2. The lowest BCUT2D eigenvalue weighted by Gasteiger charge is -2.06. The van der Waals surface area contributed by atoms with Gasteiger partial charge in [-0.2, -0.15) is 0 Å². The second kappa shape index (κ2) is 4.72. The van der Waals surface area contributed by atoms with Crippen LogP contribution in [0.2, 0.25) is 0 Å². The molecule has 0 bridgehead atoms. The van der Waals surface area contributed by atoms with Crippen LogP contribution in [0, 0.1) is 6.92 Å². The first-order valence-electron chi connectivity index (χ1n) is 3.87. The van der Waals surface area contributed by atoms with Crippen LogP contribution in [0.5, 0.6) is 5.75 Å². The molecular weight excluding hydrogens is 154 g/mol. The highest BCUT2D eigenvalue weighted by atomic mass is 16.5. The van der Waals surface area contributed by atoms with E-state index in [0.717, 1.165) is 11.3 Å². The number of hydrogen-bond acceptors (Lipinski definition) is 3. The molecule has 0 saturated heterocycles. The molecule has 1 heterocycles. The summed E-state index contributed by atoms with van der Waals surface area (Å²) in [4.78, 5) is 3.96. The van der Waals surface area contributed by atoms with Crippen molar-refractivity contribution in [3.8, 4) is 5.75 Å². The van der Waals surface area contributed by atoms with Crippen LogP contribution in [-0.4, -0.2) is 25.3 Å². The van der Waals surface area contributed by atoms with Gasteiger partial charge in [0.25, 0.3) is 0 Å². The summed E-state index contributed by atoms with van der Waals surface area (Å²) in [5.41, 5.74) is 1.05. The molecule has 0 fully saturated rings. The molecule has 1 aromatic rings. The Kier molecular flexibility index (Phi) is 3.54. The van der Waals surface area contributed by atoms with Gasteiger partial charge < -0.3 is 9.47 Å². The molecule has 1 rings (SSSR count). The predicted molar refractivity (Wildman–Crippen MR) is 46.3 cm³/mol. The molecule has 0 unspecified atom stereocenters. The largest absolute Gasteiger partial charge is 0.491 e. The third-order valence-corrected chi connectivity index (χ3v) is 1.51. The Balaban J connectivity index is 2.46. The maximum absolute atomic E-state index is 5.41. The van der Waals surface area contributed by atoms with E-state index in [1.807, 2.05) is 13.0 Å². The number of rotatable bonds is 4. The Morgan fingerprint density at radius 2 is 2.25 bits per heavy atom. The van der Waals surface area contributed by atoms with Crippen molar-refractivity contribution in [2.75, 3.05) is 20.3 Å². The van der Waals surface area contributed by atoms with Crippen molar-refractivity contribution in [3.05, 3.63) is 24.0 Å². The third kappa shape index (κ3) is 2.51. The van der Waals surface area contributed by atoms with Crippen LogP contribution >= 0.6 is 0 Å². The number of methoxy groups -OCH3 is 1. The molecule has 0 aliphatic rings. The predicted octanol–water partition coefficient (Wildman–Crippen LogP) is 1.42. The summed E-state index contributed by atoms with van der Waals surface area (Å²) in [7, 11) is 1.66. The maximum atomic E-state index is 5.41. The molecule has 0 radical (unpaired) electrons. The summed E-state index contributed by atoms with van der Waals surface area (Å²) in [5, 5.41) is 0. The van der Waals surface area contributed by atoms with Gasteiger partial charge in [-0.1, -0.05) is 0 Å². The molecular formula is C9H13NO2. The van der Waals surface area contributed by atoms with Gasteiger partial charge in [0.2, 0.25) is 0 Å². The SMILES string of the molecule is COCCOc1ccncc1C. The lowest BCUT2D eigenvalue weighted by Crippen LogP contribution is -2.05. The summed E-state index contributed by atoms with van der Waals surface area (Å²) < 4.78 is 10.3. The van der Waals surface area contributed by atoms with Gasteiger partial charge in [0.15, 0.2) is 0 Å². The first-order valence-corrected chi connectivity index (χ1v) is 3.87. The van der Waals surface area contributed by atoms with Gasteiger partial charge in [-0.25, -0.2) is 0 Å². The molecule has 0 aliphatic heterocycles. The standard InChI is InChI=1S/C9H13NO2/c1-8-7-10-4-3-9(8)12-6-5-11-2/h3-4,7H,5-6H2,1-2H3. The normalized spacial score (nSPS) is 9.83. The van der Waals surface area contributed by atoms with Gasteiger partial charge >= 0.3 is 0 Å². The molecule has 0 atom stereocenters. The molecule has 3 nitrogen and oxygen atoms in total. The summed E-state index contributed by atoms with van der Waals surface area (Å²) in [6, 6.07) is 1.85. The number of aryl methyl sites for hydroxylation is 1. The average molecular weight is 167 g/mol. The van der Waals surface area contributed by atoms with Crippen molar-refractivity contribution in [1.82, 2.24) is 4.98 Å². The summed E-state index contributed by atoms with van der Waals surface area (Å²) in [6.45, 7) is 3.16. The second-order valence-corrected chi connectivity index (χ2v) is 2.48. The highest BCUT2D eigenvalue weighted by molar-refractivity contribution is 5.28. The monoisotopic (exact) mass is 167 g/mol. The highest BCUT2D eigenvalue weighted by Gasteiger charge is 1.96. The smallest absolute Gasteiger partial charge is 0.125 e. The quantitative estimate of drug-likeness (QED) is 0.635. The van der Waals surface area contributed by atoms with E-state index in [1.54, 1.807) is 19.5 Å². The van der Waals surface area contributed by atoms with E-state index in [0.29, 0.717) is 13.2 Å². The maximum Gasteiger partial charge on any atom is 0.125 e. The Morgan fingerprint density at radius 3 is 2.92 bits per heavy atom. The van der Waals surface area contributed by atoms with Crippen LogP contribution in [0.1, 0.15) is 5.56 Å². The van der Waals surface area contributed by atoms with Crippen molar-refractivity contribution in [2.24, 2.45) is 0 Å². The highest BCUT2D eigenvalue weighted by Crippen LogP contribution is 2.13. The Bertz CT molecular complexity index is 238. The van der Waals surface area contributed by atoms with Crippen LogP contribution in [-0.2, 0) is 4.74 Å². The number of hydrogen-bond donors (Lipinski definition) is 0. The fourth-order valence-electron chi connectivity index (χ4n) is 0.858. The van der Waals surface area contributed by atoms with Gasteiger partial charge in [-0.05, 0) is 13.0 Å².